The van der Waals surface area contributed by atoms with Gasteiger partial charge in [-0.15, -0.1) is 0 Å². The van der Waals surface area contributed by atoms with E-state index in [0.29, 0.717) is 16.8 Å². The number of aromatic nitrogens is 1. The van der Waals surface area contributed by atoms with Gasteiger partial charge in [-0.2, -0.15) is 0 Å². The zero-order valence-electron chi connectivity index (χ0n) is 35.2. The zero-order valence-corrected chi connectivity index (χ0v) is 30.2. The lowest BCUT2D eigenvalue weighted by Gasteiger charge is -2.36. The van der Waals surface area contributed by atoms with Crippen molar-refractivity contribution >= 4 is 24.0 Å². The van der Waals surface area contributed by atoms with Crippen molar-refractivity contribution in [1.82, 2.24) is 31.4 Å². The molecule has 0 unspecified atom stereocenters. The molecule has 0 radical (unpaired) electrons. The number of hydrogen-bond acceptors (Lipinski definition) is 10. The summed E-state index contributed by atoms with van der Waals surface area (Å²) in [5.41, 5.74) is 2.18. The SMILES string of the molecule is [2H]C([2H])([2H])OC(=O)N[C@H](C(=O)NN(C[C@H](O)[C@H](Cc1ccccc1)NC(=O)[C@@H](NC(=O)OC)C(C)(C)CO)C([2H])([2H])c1ccc(-c2ccccn2)cc1)C(C)(C)C. The number of amides is 4. The van der Waals surface area contributed by atoms with Crippen molar-refractivity contribution < 1.29 is 45.7 Å². The molecule has 282 valence electrons. The quantitative estimate of drug-likeness (QED) is 0.120. The predicted molar refractivity (Wildman–Crippen MR) is 195 cm³/mol. The summed E-state index contributed by atoms with van der Waals surface area (Å²) < 4.78 is 49.6. The lowest BCUT2D eigenvalue weighted by atomic mass is 9.84. The summed E-state index contributed by atoms with van der Waals surface area (Å²) in [5, 5.41) is 30.3. The molecular weight excluding hydrogens is 668 g/mol. The van der Waals surface area contributed by atoms with Gasteiger partial charge in [-0.25, -0.2) is 14.6 Å². The van der Waals surface area contributed by atoms with Gasteiger partial charge >= 0.3 is 12.2 Å². The van der Waals surface area contributed by atoms with Gasteiger partial charge in [0, 0.05) is 30.2 Å². The van der Waals surface area contributed by atoms with Gasteiger partial charge in [0.1, 0.15) is 12.1 Å². The van der Waals surface area contributed by atoms with Crippen LogP contribution in [-0.4, -0.2) is 95.7 Å². The maximum Gasteiger partial charge on any atom is 0.407 e. The molecule has 52 heavy (non-hydrogen) atoms. The molecule has 2 aromatic carbocycles. The highest BCUT2D eigenvalue weighted by Gasteiger charge is 2.39. The van der Waals surface area contributed by atoms with Crippen molar-refractivity contribution in [3.63, 3.8) is 0 Å². The van der Waals surface area contributed by atoms with Gasteiger partial charge in [0.15, 0.2) is 0 Å². The molecular formula is C38H52N6O8. The van der Waals surface area contributed by atoms with Crippen LogP contribution in [0.3, 0.4) is 0 Å². The molecule has 0 saturated carbocycles. The van der Waals surface area contributed by atoms with Crippen molar-refractivity contribution in [2.24, 2.45) is 10.8 Å². The Labute approximate surface area is 312 Å². The molecule has 0 aliphatic rings. The molecule has 0 spiro atoms. The third-order valence-electron chi connectivity index (χ3n) is 8.20. The number of carbonyl (C=O) groups is 4. The van der Waals surface area contributed by atoms with Crippen molar-refractivity contribution in [2.45, 2.75) is 71.8 Å². The number of aliphatic hydroxyl groups is 2. The van der Waals surface area contributed by atoms with Crippen molar-refractivity contribution in [1.29, 1.82) is 0 Å². The first kappa shape index (κ1) is 34.1. The van der Waals surface area contributed by atoms with Crippen molar-refractivity contribution in [3.05, 3.63) is 90.1 Å². The van der Waals surface area contributed by atoms with Crippen LogP contribution in [0.4, 0.5) is 9.59 Å². The van der Waals surface area contributed by atoms with E-state index in [0.717, 1.165) is 12.1 Å². The fourth-order valence-corrected chi connectivity index (χ4v) is 5.16. The lowest BCUT2D eigenvalue weighted by molar-refractivity contribution is -0.132. The van der Waals surface area contributed by atoms with Gasteiger partial charge in [0.2, 0.25) is 5.91 Å². The molecule has 3 rings (SSSR count). The highest BCUT2D eigenvalue weighted by molar-refractivity contribution is 5.87. The Balaban J connectivity index is 2.08. The normalized spacial score (nSPS) is 15.9. The van der Waals surface area contributed by atoms with Crippen LogP contribution in [0, 0.1) is 10.8 Å². The summed E-state index contributed by atoms with van der Waals surface area (Å²) >= 11 is 0. The number of ether oxygens (including phenoxy) is 2. The molecule has 1 heterocycles. The Bertz CT molecular complexity index is 1800. The summed E-state index contributed by atoms with van der Waals surface area (Å²) in [6.45, 7) is 4.02. The molecule has 14 heteroatoms. The molecule has 0 bridgehead atoms. The smallest absolute Gasteiger partial charge is 0.407 e. The third kappa shape index (κ3) is 12.3. The van der Waals surface area contributed by atoms with Gasteiger partial charge in [0.25, 0.3) is 5.91 Å². The maximum atomic E-state index is 14.0. The van der Waals surface area contributed by atoms with Gasteiger partial charge in [-0.05, 0) is 35.1 Å². The molecule has 0 aliphatic heterocycles. The number of nitrogens with zero attached hydrogens (tertiary/aromatic N) is 2. The van der Waals surface area contributed by atoms with Crippen LogP contribution in [0.2, 0.25) is 0 Å². The second-order valence-corrected chi connectivity index (χ2v) is 13.9. The van der Waals surface area contributed by atoms with Crippen LogP contribution in [0.1, 0.15) is 52.6 Å². The number of pyridine rings is 1. The van der Waals surface area contributed by atoms with E-state index in [-0.39, 0.29) is 12.0 Å². The Morgan fingerprint density at radius 3 is 2.06 bits per heavy atom. The van der Waals surface area contributed by atoms with Crippen LogP contribution in [0.15, 0.2) is 79.0 Å². The number of carbonyl (C=O) groups excluding carboxylic acids is 4. The van der Waals surface area contributed by atoms with Gasteiger partial charge in [0.05, 0.1) is 45.4 Å². The van der Waals surface area contributed by atoms with E-state index in [1.54, 1.807) is 87.6 Å². The minimum absolute atomic E-state index is 0.00502. The molecule has 4 amide bonds. The minimum atomic E-state index is -3.12. The van der Waals surface area contributed by atoms with E-state index in [1.165, 1.54) is 26.0 Å². The highest BCUT2D eigenvalue weighted by Crippen LogP contribution is 2.23. The predicted octanol–water partition coefficient (Wildman–Crippen LogP) is 3.18. The van der Waals surface area contributed by atoms with E-state index in [2.05, 4.69) is 31.1 Å². The Kier molecular flexibility index (Phi) is 12.4. The third-order valence-corrected chi connectivity index (χ3v) is 8.20. The topological polar surface area (TPSA) is 191 Å². The van der Waals surface area contributed by atoms with Crippen LogP contribution >= 0.6 is 0 Å². The number of benzene rings is 2. The molecule has 0 fully saturated rings. The molecule has 4 atom stereocenters. The summed E-state index contributed by atoms with van der Waals surface area (Å²) in [6.07, 6.45) is -2.41. The first-order chi connectivity index (χ1) is 26.5. The number of alkyl carbamates (subject to hydrolysis) is 2. The first-order valence-corrected chi connectivity index (χ1v) is 16.6. The number of aliphatic hydroxyl groups excluding tert-OH is 2. The Morgan fingerprint density at radius 2 is 1.48 bits per heavy atom. The Hall–Kier alpha value is -5.05. The highest BCUT2D eigenvalue weighted by atomic mass is 16.5. The molecule has 6 N–H and O–H groups in total. The first-order valence-electron chi connectivity index (χ1n) is 19.1. The van der Waals surface area contributed by atoms with E-state index in [1.807, 2.05) is 0 Å². The number of nitrogens with one attached hydrogen (secondary N) is 4. The van der Waals surface area contributed by atoms with Gasteiger partial charge in [-0.3, -0.25) is 20.0 Å². The Morgan fingerprint density at radius 1 is 0.846 bits per heavy atom. The number of rotatable bonds is 16. The van der Waals surface area contributed by atoms with E-state index in [9.17, 15) is 32.1 Å². The van der Waals surface area contributed by atoms with Crippen LogP contribution in [0.5, 0.6) is 0 Å². The van der Waals surface area contributed by atoms with Crippen molar-refractivity contribution in [3.8, 4) is 11.3 Å². The van der Waals surface area contributed by atoms with Gasteiger partial charge < -0.3 is 35.6 Å². The summed E-state index contributed by atoms with van der Waals surface area (Å²) in [5.74, 6) is -1.78. The van der Waals surface area contributed by atoms with E-state index >= 15 is 0 Å². The molecule has 1 aromatic heterocycles. The molecule has 0 aliphatic carbocycles. The maximum absolute atomic E-state index is 14.0. The number of methoxy groups -OCH3 is 2. The number of hydrazine groups is 1. The molecule has 3 aromatic rings. The largest absolute Gasteiger partial charge is 0.453 e. The zero-order chi connectivity index (χ0) is 42.8. The summed E-state index contributed by atoms with van der Waals surface area (Å²) in [4.78, 5) is 57.0. The second-order valence-electron chi connectivity index (χ2n) is 13.9. The standard InChI is InChI=1S/C38H52N6O8/c1-37(2,3)31(41-35(49)51-6)34(48)43-44(22-26-16-18-27(19-17-26)28-15-11-12-20-39-28)23-30(46)29(21-25-13-9-8-10-14-25)40-33(47)32(38(4,5)24-45)42-36(50)52-7/h8-20,29-32,45-46H,21-24H2,1-7H3,(H,40,47)(H,41,49)(H,42,50)(H,43,48)/t29-,30-,31+,32+/m0/s1/i6D3,22D2. The summed E-state index contributed by atoms with van der Waals surface area (Å²) in [7, 11) is -2.01. The van der Waals surface area contributed by atoms with Crippen LogP contribution in [0.25, 0.3) is 11.3 Å². The van der Waals surface area contributed by atoms with E-state index in [4.69, 9.17) is 8.85 Å². The average Bonchev–Trinajstić information content (AvgIpc) is 3.14. The molecule has 14 nitrogen and oxygen atoms in total. The fourth-order valence-electron chi connectivity index (χ4n) is 5.16. The van der Waals surface area contributed by atoms with Crippen LogP contribution < -0.4 is 21.4 Å². The minimum Gasteiger partial charge on any atom is -0.453 e. The van der Waals surface area contributed by atoms with Crippen molar-refractivity contribution in [2.75, 3.05) is 27.3 Å². The summed E-state index contributed by atoms with van der Waals surface area (Å²) in [6, 6.07) is 16.3. The fraction of sp³-hybridized carbons (Fsp3) is 0.447. The molecule has 0 saturated heterocycles. The second kappa shape index (κ2) is 19.0. The number of hydrogen-bond donors (Lipinski definition) is 6. The van der Waals surface area contributed by atoms with E-state index < -0.39 is 85.7 Å². The van der Waals surface area contributed by atoms with Crippen LogP contribution in [-0.2, 0) is 32.0 Å². The monoisotopic (exact) mass is 725 g/mol. The van der Waals surface area contributed by atoms with Gasteiger partial charge in [-0.1, -0.05) is 95.3 Å². The lowest BCUT2D eigenvalue weighted by Crippen LogP contribution is -2.61. The average molecular weight is 726 g/mol.